The quantitative estimate of drug-likeness (QED) is 0.465. The summed E-state index contributed by atoms with van der Waals surface area (Å²) in [7, 11) is 0. The maximum Gasteiger partial charge on any atom is 2.00 e. The molecule has 1 aromatic rings. The van der Waals surface area contributed by atoms with Crippen LogP contribution in [0.3, 0.4) is 0 Å². The fourth-order valence-electron chi connectivity index (χ4n) is 2.71. The van der Waals surface area contributed by atoms with Crippen LogP contribution in [0.5, 0.6) is 5.75 Å². The van der Waals surface area contributed by atoms with Crippen LogP contribution in [0.1, 0.15) is 51.0 Å². The Bertz CT molecular complexity index is 502. The predicted molar refractivity (Wildman–Crippen MR) is 93.7 cm³/mol. The molecule has 2 rings (SSSR count). The van der Waals surface area contributed by atoms with Gasteiger partial charge in [0.1, 0.15) is 0 Å². The van der Waals surface area contributed by atoms with Gasteiger partial charge in [0, 0.05) is 25.2 Å². The molecule has 1 aromatic carbocycles. The third-order valence-corrected chi connectivity index (χ3v) is 4.21. The van der Waals surface area contributed by atoms with Gasteiger partial charge in [-0.15, -0.1) is 5.75 Å². The summed E-state index contributed by atoms with van der Waals surface area (Å²) in [5, 5.41) is 24.6. The second kappa shape index (κ2) is 15.1. The van der Waals surface area contributed by atoms with Crippen LogP contribution in [0, 0.1) is 0 Å². The molecule has 0 saturated heterocycles. The Labute approximate surface area is 170 Å². The number of nitrogens with two attached hydrogens (primary N) is 1. The second-order valence-electron chi connectivity index (χ2n) is 6.32. The summed E-state index contributed by atoms with van der Waals surface area (Å²) in [5.74, 6) is -1.04. The smallest absolute Gasteiger partial charge is 0.872 e. The molecular formula is C19H30N2O4Pt. The average Bonchev–Trinajstić information content (AvgIpc) is 2.60. The Morgan fingerprint density at radius 1 is 1.31 bits per heavy atom. The van der Waals surface area contributed by atoms with Crippen molar-refractivity contribution in [2.45, 2.75) is 64.1 Å². The van der Waals surface area contributed by atoms with E-state index in [2.05, 4.69) is 10.1 Å². The average molecular weight is 546 g/mol. The number of para-hydroxylation sites is 1. The monoisotopic (exact) mass is 545 g/mol. The van der Waals surface area contributed by atoms with Gasteiger partial charge in [0.25, 0.3) is 0 Å². The van der Waals surface area contributed by atoms with Gasteiger partial charge in [-0.25, -0.2) is 0 Å². The fraction of sp³-hybridized carbons (Fsp3) is 0.632. The van der Waals surface area contributed by atoms with Crippen LogP contribution < -0.4 is 21.3 Å². The molecule has 0 radical (unpaired) electrons. The molecule has 0 bridgehead atoms. The van der Waals surface area contributed by atoms with Gasteiger partial charge in [-0.3, -0.25) is 0 Å². The Hall–Kier alpha value is -0.942. The molecule has 1 aliphatic rings. The maximum atomic E-state index is 11.5. The number of carboxylic acid groups (broad SMARTS) is 1. The SMILES string of the molecule is CCCCOCC(=O)[O-].N[C@@H]1CCCC[C@H]1NCc1ccccc1[O-].[Pt+2]. The molecule has 6 nitrogen and oxygen atoms in total. The van der Waals surface area contributed by atoms with Crippen LogP contribution in [0.25, 0.3) is 0 Å². The number of rotatable bonds is 8. The van der Waals surface area contributed by atoms with Crippen molar-refractivity contribution < 1.29 is 40.8 Å². The van der Waals surface area contributed by atoms with Crippen LogP contribution in [0.15, 0.2) is 24.3 Å². The fourth-order valence-corrected chi connectivity index (χ4v) is 2.71. The Kier molecular flexibility index (Phi) is 14.6. The minimum atomic E-state index is -1.15. The first-order valence-electron chi connectivity index (χ1n) is 9.06. The summed E-state index contributed by atoms with van der Waals surface area (Å²) >= 11 is 0. The first-order valence-corrected chi connectivity index (χ1v) is 9.06. The number of ether oxygens (including phenoxy) is 1. The van der Waals surface area contributed by atoms with Crippen molar-refractivity contribution in [2.24, 2.45) is 5.73 Å². The van der Waals surface area contributed by atoms with E-state index in [0.717, 1.165) is 31.2 Å². The van der Waals surface area contributed by atoms with Gasteiger partial charge < -0.3 is 30.8 Å². The van der Waals surface area contributed by atoms with Crippen LogP contribution in [-0.2, 0) is 37.1 Å². The third kappa shape index (κ3) is 10.9. The van der Waals surface area contributed by atoms with Crippen LogP contribution in [-0.4, -0.2) is 31.3 Å². The Morgan fingerprint density at radius 3 is 2.62 bits per heavy atom. The van der Waals surface area contributed by atoms with Gasteiger partial charge in [0.2, 0.25) is 0 Å². The maximum absolute atomic E-state index is 11.5. The standard InChI is InChI=1S/C13H20N2O.C6H12O3.Pt/c14-11-6-2-3-7-12(11)15-9-10-5-1-4-8-13(10)16;1-2-3-4-9-5-6(7)8;/h1,4-5,8,11-12,15-16H,2-3,6-7,9,14H2;2-5H2,1H3,(H,7,8);/q;;+2/p-2/t11-,12-;;/m1../s1. The Balaban J connectivity index is 0.000000543. The number of carbonyl (C=O) groups is 1. The van der Waals surface area contributed by atoms with E-state index in [1.54, 1.807) is 12.1 Å². The van der Waals surface area contributed by atoms with Gasteiger partial charge in [-0.2, -0.15) is 0 Å². The predicted octanol–water partition coefficient (Wildman–Crippen LogP) is 0.670. The van der Waals surface area contributed by atoms with Crippen molar-refractivity contribution in [2.75, 3.05) is 13.2 Å². The van der Waals surface area contributed by atoms with Crippen molar-refractivity contribution in [1.82, 2.24) is 5.32 Å². The molecule has 1 saturated carbocycles. The van der Waals surface area contributed by atoms with Gasteiger partial charge in [-0.05, 0) is 24.8 Å². The van der Waals surface area contributed by atoms with E-state index in [0.29, 0.717) is 19.2 Å². The number of hydrogen-bond acceptors (Lipinski definition) is 6. The molecule has 0 aliphatic heterocycles. The largest absolute Gasteiger partial charge is 2.00 e. The first kappa shape index (κ1) is 25.1. The number of carboxylic acids is 1. The van der Waals surface area contributed by atoms with Crippen LogP contribution in [0.4, 0.5) is 0 Å². The van der Waals surface area contributed by atoms with Crippen molar-refractivity contribution in [3.63, 3.8) is 0 Å². The van der Waals surface area contributed by atoms with Gasteiger partial charge >= 0.3 is 21.1 Å². The number of aliphatic carboxylic acids is 1. The van der Waals surface area contributed by atoms with Gasteiger partial charge in [0.15, 0.2) is 0 Å². The van der Waals surface area contributed by atoms with Crippen molar-refractivity contribution >= 4 is 5.97 Å². The molecule has 0 aromatic heterocycles. The number of unbranched alkanes of at least 4 members (excludes halogenated alkanes) is 1. The van der Waals surface area contributed by atoms with E-state index < -0.39 is 5.97 Å². The molecule has 1 fully saturated rings. The number of hydrogen-bond donors (Lipinski definition) is 2. The van der Waals surface area contributed by atoms with E-state index >= 15 is 0 Å². The molecule has 0 amide bonds. The molecule has 7 heteroatoms. The van der Waals surface area contributed by atoms with E-state index in [1.807, 2.05) is 19.1 Å². The number of benzene rings is 1. The van der Waals surface area contributed by atoms with E-state index in [1.165, 1.54) is 12.8 Å². The molecule has 0 unspecified atom stereocenters. The third-order valence-electron chi connectivity index (χ3n) is 4.21. The zero-order valence-electron chi connectivity index (χ0n) is 15.4. The molecule has 0 spiro atoms. The number of nitrogens with one attached hydrogen (secondary N) is 1. The first-order chi connectivity index (χ1) is 12.0. The minimum absolute atomic E-state index is 0. The zero-order chi connectivity index (χ0) is 18.5. The zero-order valence-corrected chi connectivity index (χ0v) is 17.6. The molecule has 26 heavy (non-hydrogen) atoms. The number of carbonyl (C=O) groups excluding carboxylic acids is 1. The molecule has 1 aliphatic carbocycles. The van der Waals surface area contributed by atoms with E-state index in [9.17, 15) is 15.0 Å². The molecule has 150 valence electrons. The summed E-state index contributed by atoms with van der Waals surface area (Å²) in [5.41, 5.74) is 6.87. The van der Waals surface area contributed by atoms with Gasteiger partial charge in [-0.1, -0.05) is 50.5 Å². The van der Waals surface area contributed by atoms with Crippen molar-refractivity contribution in [3.05, 3.63) is 29.8 Å². The molecule has 0 heterocycles. The summed E-state index contributed by atoms with van der Waals surface area (Å²) in [6.07, 6.45) is 6.63. The van der Waals surface area contributed by atoms with Crippen molar-refractivity contribution in [3.8, 4) is 5.75 Å². The Morgan fingerprint density at radius 2 is 2.00 bits per heavy atom. The topological polar surface area (TPSA) is 110 Å². The summed E-state index contributed by atoms with van der Waals surface area (Å²) in [4.78, 5) is 9.73. The summed E-state index contributed by atoms with van der Waals surface area (Å²) in [6, 6.07) is 7.78. The van der Waals surface area contributed by atoms with Crippen molar-refractivity contribution in [1.29, 1.82) is 0 Å². The van der Waals surface area contributed by atoms with E-state index in [-0.39, 0.29) is 39.5 Å². The normalized spacial score (nSPS) is 19.0. The summed E-state index contributed by atoms with van der Waals surface area (Å²) < 4.78 is 4.67. The minimum Gasteiger partial charge on any atom is -0.872 e. The summed E-state index contributed by atoms with van der Waals surface area (Å²) in [6.45, 7) is 2.89. The molecular weight excluding hydrogens is 515 g/mol. The molecule has 3 N–H and O–H groups in total. The van der Waals surface area contributed by atoms with Gasteiger partial charge in [0.05, 0.1) is 12.6 Å². The van der Waals surface area contributed by atoms with Crippen LogP contribution >= 0.6 is 0 Å². The van der Waals surface area contributed by atoms with Crippen LogP contribution in [0.2, 0.25) is 0 Å². The molecule has 2 atom stereocenters. The second-order valence-corrected chi connectivity index (χ2v) is 6.32. The van der Waals surface area contributed by atoms with E-state index in [4.69, 9.17) is 5.73 Å².